The molecule has 3 saturated carbocycles. The van der Waals surface area contributed by atoms with Gasteiger partial charge in [0.05, 0.1) is 11.3 Å². The Morgan fingerprint density at radius 1 is 1.00 bits per heavy atom. The van der Waals surface area contributed by atoms with E-state index in [0.717, 1.165) is 37.2 Å². The van der Waals surface area contributed by atoms with Crippen LogP contribution in [0.1, 0.15) is 78.1 Å². The molecule has 4 fully saturated rings. The van der Waals surface area contributed by atoms with Gasteiger partial charge in [-0.05, 0) is 91.9 Å². The molecule has 1 aliphatic heterocycles. The minimum Gasteiger partial charge on any atom is -0.396 e. The van der Waals surface area contributed by atoms with Crippen molar-refractivity contribution in [1.29, 1.82) is 0 Å². The number of nitrogens with two attached hydrogens (primary N) is 1. The Morgan fingerprint density at radius 2 is 1.80 bits per heavy atom. The molecule has 0 aromatic rings. The maximum Gasteiger partial charge on any atom is 0.178 e. The molecule has 25 heavy (non-hydrogen) atoms. The first-order chi connectivity index (χ1) is 11.9. The van der Waals surface area contributed by atoms with Crippen LogP contribution in [0.4, 0.5) is 0 Å². The molecule has 4 aliphatic carbocycles. The lowest BCUT2D eigenvalue weighted by atomic mass is 9.46. The standard InChI is InChI=1S/C22H33NO2/c1-20-10-8-18(24)19(23)17(20)5-4-14-15(20)6-11-21(2)16(14)7-12-22(21)9-3-13-25-22/h14-16H,3-13,23H2,1-2H3/t14-,15+,16+,20-,21+,22?/m1/s1. The lowest BCUT2D eigenvalue weighted by molar-refractivity contribution is -0.136. The molecule has 2 N–H and O–H groups in total. The highest BCUT2D eigenvalue weighted by Crippen LogP contribution is 2.69. The Hall–Kier alpha value is -0.830. The Bertz CT molecular complexity index is 646. The molecule has 1 spiro atoms. The average molecular weight is 344 g/mol. The number of fused-ring (bicyclic) bond motifs is 6. The molecular formula is C22H33NO2. The van der Waals surface area contributed by atoms with Gasteiger partial charge in [-0.1, -0.05) is 13.8 Å². The topological polar surface area (TPSA) is 52.3 Å². The third-order valence-electron chi connectivity index (χ3n) is 9.56. The number of ether oxygens (including phenoxy) is 1. The summed E-state index contributed by atoms with van der Waals surface area (Å²) in [6.07, 6.45) is 11.7. The average Bonchev–Trinajstić information content (AvgIpc) is 3.18. The van der Waals surface area contributed by atoms with Gasteiger partial charge in [0.15, 0.2) is 5.78 Å². The summed E-state index contributed by atoms with van der Waals surface area (Å²) in [7, 11) is 0. The molecule has 1 unspecified atom stereocenters. The van der Waals surface area contributed by atoms with E-state index in [1.54, 1.807) is 0 Å². The smallest absolute Gasteiger partial charge is 0.178 e. The molecular weight excluding hydrogens is 310 g/mol. The van der Waals surface area contributed by atoms with Crippen LogP contribution in [-0.2, 0) is 9.53 Å². The van der Waals surface area contributed by atoms with Crippen molar-refractivity contribution < 1.29 is 9.53 Å². The molecule has 3 nitrogen and oxygen atoms in total. The molecule has 1 heterocycles. The zero-order chi connectivity index (χ0) is 17.4. The number of ketones is 1. The molecule has 0 amide bonds. The molecule has 6 atom stereocenters. The minimum absolute atomic E-state index is 0.175. The van der Waals surface area contributed by atoms with Gasteiger partial charge in [0.1, 0.15) is 0 Å². The van der Waals surface area contributed by atoms with Crippen LogP contribution in [0.2, 0.25) is 0 Å². The summed E-state index contributed by atoms with van der Waals surface area (Å²) in [5, 5.41) is 0. The summed E-state index contributed by atoms with van der Waals surface area (Å²) in [6.45, 7) is 5.95. The number of carbonyl (C=O) groups is 1. The summed E-state index contributed by atoms with van der Waals surface area (Å²) in [5.41, 5.74) is 8.95. The van der Waals surface area contributed by atoms with Crippen LogP contribution in [0.5, 0.6) is 0 Å². The van der Waals surface area contributed by atoms with E-state index in [0.29, 0.717) is 17.5 Å². The fourth-order valence-electron chi connectivity index (χ4n) is 8.19. The largest absolute Gasteiger partial charge is 0.396 e. The molecule has 5 rings (SSSR count). The van der Waals surface area contributed by atoms with Crippen molar-refractivity contribution in [2.24, 2.45) is 34.3 Å². The van der Waals surface area contributed by atoms with Crippen molar-refractivity contribution in [2.75, 3.05) is 6.61 Å². The summed E-state index contributed by atoms with van der Waals surface area (Å²) in [4.78, 5) is 12.2. The number of rotatable bonds is 0. The van der Waals surface area contributed by atoms with Crippen LogP contribution in [-0.4, -0.2) is 18.0 Å². The van der Waals surface area contributed by atoms with Crippen molar-refractivity contribution in [3.63, 3.8) is 0 Å². The van der Waals surface area contributed by atoms with Gasteiger partial charge < -0.3 is 10.5 Å². The maximum absolute atomic E-state index is 12.2. The SMILES string of the molecule is C[C@]12CCC(=O)C(N)=C1CC[C@@H]1[C@@H]2CC[C@@]2(C)[C@H]1CCC21CCCO1. The highest BCUT2D eigenvalue weighted by Gasteiger charge is 2.65. The first kappa shape index (κ1) is 16.4. The quantitative estimate of drug-likeness (QED) is 0.711. The highest BCUT2D eigenvalue weighted by atomic mass is 16.5. The van der Waals surface area contributed by atoms with Crippen molar-refractivity contribution in [3.05, 3.63) is 11.3 Å². The van der Waals surface area contributed by atoms with E-state index >= 15 is 0 Å². The minimum atomic E-state index is 0.175. The van der Waals surface area contributed by atoms with Crippen molar-refractivity contribution in [2.45, 2.75) is 83.7 Å². The molecule has 3 heteroatoms. The molecule has 5 aliphatic rings. The fraction of sp³-hybridized carbons (Fsp3) is 0.864. The van der Waals surface area contributed by atoms with Crippen LogP contribution >= 0.6 is 0 Å². The van der Waals surface area contributed by atoms with Crippen LogP contribution < -0.4 is 5.73 Å². The van der Waals surface area contributed by atoms with Gasteiger partial charge in [0, 0.05) is 13.0 Å². The first-order valence-corrected chi connectivity index (χ1v) is 10.6. The van der Waals surface area contributed by atoms with Crippen LogP contribution in [0.3, 0.4) is 0 Å². The highest BCUT2D eigenvalue weighted by molar-refractivity contribution is 5.96. The Balaban J connectivity index is 1.51. The van der Waals surface area contributed by atoms with Crippen LogP contribution in [0, 0.1) is 28.6 Å². The normalized spacial score (nSPS) is 52.2. The second kappa shape index (κ2) is 5.12. The van der Waals surface area contributed by atoms with Gasteiger partial charge >= 0.3 is 0 Å². The number of carbonyl (C=O) groups excluding carboxylic acids is 1. The third-order valence-corrected chi connectivity index (χ3v) is 9.56. The van der Waals surface area contributed by atoms with Crippen LogP contribution in [0.25, 0.3) is 0 Å². The fourth-order valence-corrected chi connectivity index (χ4v) is 8.19. The number of Topliss-reactive ketones (excluding diaryl/α,β-unsaturated/α-hetero) is 1. The van der Waals surface area contributed by atoms with E-state index in [4.69, 9.17) is 10.5 Å². The summed E-state index contributed by atoms with van der Waals surface area (Å²) in [5.74, 6) is 2.53. The third kappa shape index (κ3) is 1.89. The monoisotopic (exact) mass is 343 g/mol. The number of hydrogen-bond donors (Lipinski definition) is 1. The molecule has 1 saturated heterocycles. The van der Waals surface area contributed by atoms with Gasteiger partial charge in [0.25, 0.3) is 0 Å². The maximum atomic E-state index is 12.2. The summed E-state index contributed by atoms with van der Waals surface area (Å²) in [6, 6.07) is 0. The summed E-state index contributed by atoms with van der Waals surface area (Å²) >= 11 is 0. The van der Waals surface area contributed by atoms with Gasteiger partial charge in [0.2, 0.25) is 0 Å². The van der Waals surface area contributed by atoms with E-state index in [9.17, 15) is 4.79 Å². The van der Waals surface area contributed by atoms with E-state index in [1.807, 2.05) is 0 Å². The lowest BCUT2D eigenvalue weighted by Gasteiger charge is -2.59. The van der Waals surface area contributed by atoms with Gasteiger partial charge in [-0.2, -0.15) is 0 Å². The zero-order valence-corrected chi connectivity index (χ0v) is 15.9. The van der Waals surface area contributed by atoms with E-state index in [1.165, 1.54) is 50.5 Å². The summed E-state index contributed by atoms with van der Waals surface area (Å²) < 4.78 is 6.44. The number of hydrogen-bond acceptors (Lipinski definition) is 3. The predicted octanol–water partition coefficient (Wildman–Crippen LogP) is 4.35. The van der Waals surface area contributed by atoms with Gasteiger partial charge in [-0.25, -0.2) is 0 Å². The first-order valence-electron chi connectivity index (χ1n) is 10.6. The van der Waals surface area contributed by atoms with E-state index < -0.39 is 0 Å². The molecule has 0 aromatic heterocycles. The van der Waals surface area contributed by atoms with Crippen molar-refractivity contribution in [3.8, 4) is 0 Å². The molecule has 0 radical (unpaired) electrons. The molecule has 0 bridgehead atoms. The Morgan fingerprint density at radius 3 is 2.56 bits per heavy atom. The second-order valence-electron chi connectivity index (χ2n) is 10.1. The van der Waals surface area contributed by atoms with E-state index in [-0.39, 0.29) is 16.8 Å². The van der Waals surface area contributed by atoms with E-state index in [2.05, 4.69) is 13.8 Å². The zero-order valence-electron chi connectivity index (χ0n) is 15.9. The Kier molecular flexibility index (Phi) is 3.35. The van der Waals surface area contributed by atoms with Gasteiger partial charge in [-0.15, -0.1) is 0 Å². The Labute approximate surface area is 151 Å². The van der Waals surface area contributed by atoms with Crippen LogP contribution in [0.15, 0.2) is 11.3 Å². The second-order valence-corrected chi connectivity index (χ2v) is 10.1. The number of allylic oxidation sites excluding steroid dienone is 1. The van der Waals surface area contributed by atoms with Gasteiger partial charge in [-0.3, -0.25) is 4.79 Å². The molecule has 0 aromatic carbocycles. The lowest BCUT2D eigenvalue weighted by Crippen LogP contribution is -2.55. The van der Waals surface area contributed by atoms with Crippen molar-refractivity contribution in [1.82, 2.24) is 0 Å². The van der Waals surface area contributed by atoms with Crippen molar-refractivity contribution >= 4 is 5.78 Å². The predicted molar refractivity (Wildman–Crippen MR) is 97.8 cm³/mol. The molecule has 138 valence electrons.